The van der Waals surface area contributed by atoms with E-state index in [0.29, 0.717) is 5.56 Å². The van der Waals surface area contributed by atoms with Gasteiger partial charge in [-0.05, 0) is 35.8 Å². The van der Waals surface area contributed by atoms with Gasteiger partial charge in [-0.3, -0.25) is 24.6 Å². The highest BCUT2D eigenvalue weighted by Crippen LogP contribution is 2.41. The second-order valence-corrected chi connectivity index (χ2v) is 11.8. The zero-order valence-electron chi connectivity index (χ0n) is 16.7. The van der Waals surface area contributed by atoms with E-state index >= 15 is 0 Å². The number of imide groups is 1. The van der Waals surface area contributed by atoms with Gasteiger partial charge >= 0.3 is 0 Å². The van der Waals surface area contributed by atoms with Gasteiger partial charge in [0.25, 0.3) is 17.5 Å². The summed E-state index contributed by atoms with van der Waals surface area (Å²) in [5.41, 5.74) is 0.562. The van der Waals surface area contributed by atoms with Gasteiger partial charge in [-0.15, -0.1) is 0 Å². The zero-order chi connectivity index (χ0) is 21.2. The summed E-state index contributed by atoms with van der Waals surface area (Å²) >= 11 is 0. The molecule has 0 N–H and O–H groups in total. The Balaban J connectivity index is 1.96. The summed E-state index contributed by atoms with van der Waals surface area (Å²) in [4.78, 5) is 37.4. The number of hydrogen-bond acceptors (Lipinski definition) is 6. The monoisotopic (exact) mass is 416 g/mol. The first-order chi connectivity index (χ1) is 13.9. The third kappa shape index (κ3) is 3.75. The number of benzene rings is 1. The maximum atomic E-state index is 12.9. The molecule has 2 amide bonds. The first kappa shape index (κ1) is 20.9. The Labute approximate surface area is 169 Å². The van der Waals surface area contributed by atoms with Crippen LogP contribution >= 0.6 is 0 Å². The second kappa shape index (κ2) is 8.30. The molecular weight excluding hydrogens is 392 g/mol. The van der Waals surface area contributed by atoms with Gasteiger partial charge in [0, 0.05) is 12.1 Å². The van der Waals surface area contributed by atoms with E-state index in [1.807, 2.05) is 0 Å². The number of non-ortho nitro benzene ring substituents is 1. The summed E-state index contributed by atoms with van der Waals surface area (Å²) < 4.78 is 11.6. The van der Waals surface area contributed by atoms with Crippen LogP contribution in [0.3, 0.4) is 0 Å². The van der Waals surface area contributed by atoms with Crippen molar-refractivity contribution in [3.8, 4) is 0 Å². The van der Waals surface area contributed by atoms with Crippen LogP contribution in [0, 0.1) is 10.1 Å². The average Bonchev–Trinajstić information content (AvgIpc) is 3.28. The van der Waals surface area contributed by atoms with E-state index in [2.05, 4.69) is 20.8 Å². The topological polar surface area (TPSA) is 103 Å². The van der Waals surface area contributed by atoms with E-state index in [1.165, 1.54) is 24.5 Å². The third-order valence-electron chi connectivity index (χ3n) is 5.75. The summed E-state index contributed by atoms with van der Waals surface area (Å²) in [5, 5.41) is 11.0. The standard InChI is InChI=1S/C20H24N2O6Si/c1-4-29(5-2,6-3)28-18-17(14-9-11-15(12-10-14)22(25)26)21(20(18)24)19(23)16-8-7-13-27-16/h7-13,17-18H,4-6H2,1-3H3/t17-,18+/m1/s1. The SMILES string of the molecule is CC[Si](CC)(CC)O[C@@H]1C(=O)N(C(=O)c2ccco2)[C@@H]1c1ccc([N+](=O)[O-])cc1. The Morgan fingerprint density at radius 3 is 2.28 bits per heavy atom. The molecule has 0 spiro atoms. The molecule has 1 aliphatic rings. The van der Waals surface area contributed by atoms with Crippen LogP contribution in [0.2, 0.25) is 18.1 Å². The van der Waals surface area contributed by atoms with Crippen LogP contribution in [-0.2, 0) is 9.22 Å². The average molecular weight is 417 g/mol. The van der Waals surface area contributed by atoms with Crippen LogP contribution in [0.1, 0.15) is 42.9 Å². The van der Waals surface area contributed by atoms with Crippen molar-refractivity contribution in [1.29, 1.82) is 0 Å². The van der Waals surface area contributed by atoms with Crippen molar-refractivity contribution in [2.24, 2.45) is 0 Å². The molecule has 29 heavy (non-hydrogen) atoms. The van der Waals surface area contributed by atoms with Gasteiger partial charge in [0.05, 0.1) is 17.2 Å². The van der Waals surface area contributed by atoms with Crippen LogP contribution in [-0.4, -0.2) is 36.1 Å². The van der Waals surface area contributed by atoms with Gasteiger partial charge in [-0.1, -0.05) is 32.9 Å². The van der Waals surface area contributed by atoms with Crippen LogP contribution < -0.4 is 0 Å². The van der Waals surface area contributed by atoms with E-state index in [4.69, 9.17) is 8.84 Å². The first-order valence-corrected chi connectivity index (χ1v) is 12.2. The van der Waals surface area contributed by atoms with E-state index < -0.39 is 37.2 Å². The molecule has 3 rings (SSSR count). The van der Waals surface area contributed by atoms with Gasteiger partial charge < -0.3 is 8.84 Å². The van der Waals surface area contributed by atoms with Gasteiger partial charge in [0.15, 0.2) is 20.2 Å². The number of rotatable bonds is 8. The lowest BCUT2D eigenvalue weighted by Gasteiger charge is -2.48. The normalized spacial score (nSPS) is 19.1. The number of nitrogens with zero attached hydrogens (tertiary/aromatic N) is 2. The van der Waals surface area contributed by atoms with Crippen LogP contribution in [0.25, 0.3) is 0 Å². The van der Waals surface area contributed by atoms with E-state index in [9.17, 15) is 19.7 Å². The molecule has 1 aliphatic heterocycles. The van der Waals surface area contributed by atoms with Crippen molar-refractivity contribution in [2.45, 2.75) is 51.0 Å². The fraction of sp³-hybridized carbons (Fsp3) is 0.400. The maximum Gasteiger partial charge on any atom is 0.296 e. The summed E-state index contributed by atoms with van der Waals surface area (Å²) in [6, 6.07) is 10.9. The number of furan rings is 1. The molecule has 1 saturated heterocycles. The number of nitro benzene ring substituents is 1. The molecule has 9 heteroatoms. The highest BCUT2D eigenvalue weighted by atomic mass is 28.4. The molecule has 1 aromatic carbocycles. The van der Waals surface area contributed by atoms with Gasteiger partial charge in [-0.2, -0.15) is 0 Å². The minimum absolute atomic E-state index is 0.0554. The van der Waals surface area contributed by atoms with Crippen molar-refractivity contribution in [1.82, 2.24) is 4.90 Å². The smallest absolute Gasteiger partial charge is 0.296 e. The molecule has 0 bridgehead atoms. The summed E-state index contributed by atoms with van der Waals surface area (Å²) in [6.07, 6.45) is 0.595. The molecule has 2 aromatic rings. The highest BCUT2D eigenvalue weighted by molar-refractivity contribution is 6.73. The molecule has 0 aliphatic carbocycles. The minimum Gasteiger partial charge on any atom is -0.459 e. The molecule has 0 saturated carbocycles. The number of carbonyl (C=O) groups is 2. The molecule has 1 aromatic heterocycles. The van der Waals surface area contributed by atoms with Crippen molar-refractivity contribution < 1.29 is 23.4 Å². The minimum atomic E-state index is -2.12. The molecule has 2 atom stereocenters. The molecule has 0 radical (unpaired) electrons. The van der Waals surface area contributed by atoms with Crippen molar-refractivity contribution in [3.63, 3.8) is 0 Å². The fourth-order valence-electron chi connectivity index (χ4n) is 3.71. The number of carbonyl (C=O) groups excluding carboxylic acids is 2. The van der Waals surface area contributed by atoms with Crippen LogP contribution in [0.5, 0.6) is 0 Å². The summed E-state index contributed by atoms with van der Waals surface area (Å²) in [5.74, 6) is -0.879. The van der Waals surface area contributed by atoms with Crippen molar-refractivity contribution in [2.75, 3.05) is 0 Å². The van der Waals surface area contributed by atoms with Gasteiger partial charge in [0.1, 0.15) is 0 Å². The molecule has 154 valence electrons. The van der Waals surface area contributed by atoms with Gasteiger partial charge in [-0.25, -0.2) is 0 Å². The predicted octanol–water partition coefficient (Wildman–Crippen LogP) is 4.30. The Hall–Kier alpha value is -2.78. The lowest BCUT2D eigenvalue weighted by molar-refractivity contribution is -0.384. The Morgan fingerprint density at radius 2 is 1.79 bits per heavy atom. The van der Waals surface area contributed by atoms with Gasteiger partial charge in [0.2, 0.25) is 0 Å². The maximum absolute atomic E-state index is 12.9. The van der Waals surface area contributed by atoms with Crippen LogP contribution in [0.15, 0.2) is 47.1 Å². The number of hydrogen-bond donors (Lipinski definition) is 0. The number of likely N-dealkylation sites (tertiary alicyclic amines) is 1. The predicted molar refractivity (Wildman–Crippen MR) is 108 cm³/mol. The molecule has 0 unspecified atom stereocenters. The molecule has 8 nitrogen and oxygen atoms in total. The van der Waals surface area contributed by atoms with E-state index in [-0.39, 0.29) is 11.4 Å². The Morgan fingerprint density at radius 1 is 1.17 bits per heavy atom. The molecule has 2 heterocycles. The third-order valence-corrected chi connectivity index (χ3v) is 10.4. The lowest BCUT2D eigenvalue weighted by Crippen LogP contribution is -2.64. The number of β-lactam (4-membered cyclic amide) rings is 1. The summed E-state index contributed by atoms with van der Waals surface area (Å²) in [6.45, 7) is 6.19. The highest BCUT2D eigenvalue weighted by Gasteiger charge is 2.55. The number of nitro groups is 1. The van der Waals surface area contributed by atoms with E-state index in [1.54, 1.807) is 18.2 Å². The van der Waals surface area contributed by atoms with Crippen LogP contribution in [0.4, 0.5) is 5.69 Å². The first-order valence-electron chi connectivity index (χ1n) is 9.70. The quantitative estimate of drug-likeness (QED) is 0.209. The largest absolute Gasteiger partial charge is 0.459 e. The Kier molecular flexibility index (Phi) is 5.99. The summed E-state index contributed by atoms with van der Waals surface area (Å²) in [7, 11) is -2.12. The molecule has 1 fully saturated rings. The van der Waals surface area contributed by atoms with Crippen molar-refractivity contribution in [3.05, 3.63) is 64.1 Å². The second-order valence-electron chi connectivity index (χ2n) is 7.07. The number of amides is 2. The Bertz CT molecular complexity index is 884. The zero-order valence-corrected chi connectivity index (χ0v) is 17.7. The molecular formula is C20H24N2O6Si. The fourth-order valence-corrected chi connectivity index (χ4v) is 6.48. The lowest BCUT2D eigenvalue weighted by atomic mass is 9.90. The van der Waals surface area contributed by atoms with Crippen molar-refractivity contribution >= 4 is 25.8 Å². The van der Waals surface area contributed by atoms with E-state index in [0.717, 1.165) is 23.0 Å².